The molecule has 0 saturated heterocycles. The Labute approximate surface area is 161 Å². The van der Waals surface area contributed by atoms with E-state index in [9.17, 15) is 4.79 Å². The third-order valence-corrected chi connectivity index (χ3v) is 4.33. The number of hydrogen-bond acceptors (Lipinski definition) is 4. The molecular formula is C20H29ClN2O3. The molecule has 0 bridgehead atoms. The fourth-order valence-electron chi connectivity index (χ4n) is 2.35. The van der Waals surface area contributed by atoms with Gasteiger partial charge in [0.2, 0.25) is 0 Å². The van der Waals surface area contributed by atoms with E-state index in [0.717, 1.165) is 23.1 Å². The van der Waals surface area contributed by atoms with Gasteiger partial charge in [-0.1, -0.05) is 35.9 Å². The summed E-state index contributed by atoms with van der Waals surface area (Å²) in [5.74, 6) is -0.331. The Morgan fingerprint density at radius 3 is 2.35 bits per heavy atom. The van der Waals surface area contributed by atoms with Gasteiger partial charge in [-0.05, 0) is 57.2 Å². The highest BCUT2D eigenvalue weighted by Gasteiger charge is 2.28. The van der Waals surface area contributed by atoms with Gasteiger partial charge in [-0.2, -0.15) is 5.10 Å². The maximum atomic E-state index is 12.5. The molecule has 0 aromatic heterocycles. The molecule has 26 heavy (non-hydrogen) atoms. The van der Waals surface area contributed by atoms with Gasteiger partial charge in [-0.25, -0.2) is 5.01 Å². The van der Waals surface area contributed by atoms with Crippen molar-refractivity contribution in [3.05, 3.63) is 46.0 Å². The summed E-state index contributed by atoms with van der Waals surface area (Å²) in [7, 11) is 0. The van der Waals surface area contributed by atoms with E-state index < -0.39 is 5.54 Å². The maximum Gasteiger partial charge on any atom is 0.285 e. The highest BCUT2D eigenvalue weighted by molar-refractivity contribution is 6.42. The van der Waals surface area contributed by atoms with Crippen LogP contribution in [0.1, 0.15) is 45.2 Å². The van der Waals surface area contributed by atoms with Crippen molar-refractivity contribution in [2.45, 2.75) is 52.7 Å². The molecule has 1 aromatic carbocycles. The van der Waals surface area contributed by atoms with Crippen LogP contribution < -0.4 is 0 Å². The zero-order valence-corrected chi connectivity index (χ0v) is 16.8. The summed E-state index contributed by atoms with van der Waals surface area (Å²) in [6.45, 7) is 11.8. The van der Waals surface area contributed by atoms with Crippen LogP contribution in [0, 0.1) is 0 Å². The molecule has 1 amide bonds. The van der Waals surface area contributed by atoms with E-state index in [-0.39, 0.29) is 17.5 Å². The lowest BCUT2D eigenvalue weighted by Crippen LogP contribution is -2.41. The second-order valence-corrected chi connectivity index (χ2v) is 7.49. The van der Waals surface area contributed by atoms with Crippen LogP contribution in [0.4, 0.5) is 0 Å². The first-order valence-corrected chi connectivity index (χ1v) is 9.01. The van der Waals surface area contributed by atoms with E-state index >= 15 is 0 Å². The Morgan fingerprint density at radius 2 is 1.85 bits per heavy atom. The van der Waals surface area contributed by atoms with E-state index in [1.807, 2.05) is 52.0 Å². The smallest absolute Gasteiger partial charge is 0.285 e. The third kappa shape index (κ3) is 6.90. The van der Waals surface area contributed by atoms with Crippen molar-refractivity contribution in [3.8, 4) is 0 Å². The largest absolute Gasteiger partial charge is 0.394 e. The predicted octanol–water partition coefficient (Wildman–Crippen LogP) is 3.88. The number of hydrogen-bond donors (Lipinski definition) is 1. The summed E-state index contributed by atoms with van der Waals surface area (Å²) >= 11 is 6.29. The third-order valence-electron chi connectivity index (χ3n) is 3.85. The molecule has 0 aliphatic rings. The van der Waals surface area contributed by atoms with Crippen LogP contribution in [0.2, 0.25) is 0 Å². The fraction of sp³-hybridized carbons (Fsp3) is 0.500. The van der Waals surface area contributed by atoms with Crippen molar-refractivity contribution in [3.63, 3.8) is 0 Å². The van der Waals surface area contributed by atoms with Gasteiger partial charge in [0.1, 0.15) is 5.03 Å². The van der Waals surface area contributed by atoms with Crippen molar-refractivity contribution >= 4 is 24.2 Å². The van der Waals surface area contributed by atoms with Crippen LogP contribution in [0.5, 0.6) is 0 Å². The molecule has 0 atom stereocenters. The van der Waals surface area contributed by atoms with Gasteiger partial charge in [-0.15, -0.1) is 0 Å². The zero-order chi connectivity index (χ0) is 19.7. The topological polar surface area (TPSA) is 62.1 Å². The quantitative estimate of drug-likeness (QED) is 0.306. The molecule has 0 fully saturated rings. The Balaban J connectivity index is 2.68. The number of halogens is 1. The number of hydrazone groups is 1. The molecule has 144 valence electrons. The van der Waals surface area contributed by atoms with E-state index in [0.29, 0.717) is 19.6 Å². The SMILES string of the molecule is C=NN(C(=O)/C(Cl)=C(\C)CCc1ccc(COCCO)cc1)C(C)(C)C. The van der Waals surface area contributed by atoms with Crippen LogP contribution in [0.25, 0.3) is 0 Å². The Hall–Kier alpha value is -1.69. The lowest BCUT2D eigenvalue weighted by Gasteiger charge is -2.30. The van der Waals surface area contributed by atoms with Gasteiger partial charge >= 0.3 is 0 Å². The normalized spacial score (nSPS) is 12.5. The van der Waals surface area contributed by atoms with Gasteiger partial charge in [0.15, 0.2) is 0 Å². The van der Waals surface area contributed by atoms with Crippen molar-refractivity contribution in [2.24, 2.45) is 5.10 Å². The van der Waals surface area contributed by atoms with Crippen LogP contribution in [0.3, 0.4) is 0 Å². The molecule has 1 rings (SSSR count). The van der Waals surface area contributed by atoms with Gasteiger partial charge in [0.05, 0.1) is 25.4 Å². The molecule has 0 aliphatic heterocycles. The summed E-state index contributed by atoms with van der Waals surface area (Å²) in [5, 5.41) is 14.0. The minimum absolute atomic E-state index is 0.0250. The van der Waals surface area contributed by atoms with Crippen LogP contribution in [-0.2, 0) is 22.6 Å². The lowest BCUT2D eigenvalue weighted by molar-refractivity contribution is -0.131. The molecule has 5 nitrogen and oxygen atoms in total. The number of allylic oxidation sites excluding steroid dienone is 1. The Bertz CT molecular complexity index is 633. The first-order chi connectivity index (χ1) is 12.2. The van der Waals surface area contributed by atoms with Crippen LogP contribution in [-0.4, -0.2) is 41.5 Å². The molecule has 6 heteroatoms. The number of benzene rings is 1. The summed E-state index contributed by atoms with van der Waals surface area (Å²) in [6.07, 6.45) is 1.46. The molecule has 0 spiro atoms. The van der Waals surface area contributed by atoms with Gasteiger partial charge < -0.3 is 9.84 Å². The molecular weight excluding hydrogens is 352 g/mol. The van der Waals surface area contributed by atoms with Gasteiger partial charge in [0, 0.05) is 6.72 Å². The Kier molecular flexibility index (Phi) is 8.99. The first kappa shape index (κ1) is 22.4. The first-order valence-electron chi connectivity index (χ1n) is 8.63. The lowest BCUT2D eigenvalue weighted by atomic mass is 10.0. The van der Waals surface area contributed by atoms with Crippen molar-refractivity contribution < 1.29 is 14.6 Å². The van der Waals surface area contributed by atoms with Gasteiger partial charge in [-0.3, -0.25) is 4.79 Å². The molecule has 0 saturated carbocycles. The standard InChI is InChI=1S/C20H29ClN2O3/c1-15(18(21)19(25)23(22-5)20(2,3)4)6-7-16-8-10-17(11-9-16)14-26-13-12-24/h8-11,24H,5-7,12-14H2,1-4H3/b18-15-. The molecule has 0 radical (unpaired) electrons. The number of rotatable bonds is 9. The second kappa shape index (κ2) is 10.5. The maximum absolute atomic E-state index is 12.5. The molecule has 1 aromatic rings. The van der Waals surface area contributed by atoms with E-state index in [4.69, 9.17) is 21.4 Å². The van der Waals surface area contributed by atoms with Crippen molar-refractivity contribution in [1.82, 2.24) is 5.01 Å². The van der Waals surface area contributed by atoms with Crippen LogP contribution in [0.15, 0.2) is 40.0 Å². The van der Waals surface area contributed by atoms with Gasteiger partial charge in [0.25, 0.3) is 5.91 Å². The molecule has 1 N–H and O–H groups in total. The highest BCUT2D eigenvalue weighted by Crippen LogP contribution is 2.23. The molecule has 0 heterocycles. The number of carbonyl (C=O) groups is 1. The van der Waals surface area contributed by atoms with Crippen molar-refractivity contribution in [1.29, 1.82) is 0 Å². The summed E-state index contributed by atoms with van der Waals surface area (Å²) in [4.78, 5) is 12.5. The number of aliphatic hydroxyl groups excluding tert-OH is 1. The van der Waals surface area contributed by atoms with E-state index in [1.165, 1.54) is 5.01 Å². The Morgan fingerprint density at radius 1 is 1.27 bits per heavy atom. The number of carbonyl (C=O) groups excluding carboxylic acids is 1. The number of aliphatic hydroxyl groups is 1. The monoisotopic (exact) mass is 380 g/mol. The number of nitrogens with zero attached hydrogens (tertiary/aromatic N) is 2. The molecule has 0 aliphatic carbocycles. The van der Waals surface area contributed by atoms with Crippen LogP contribution >= 0.6 is 11.6 Å². The number of aryl methyl sites for hydroxylation is 1. The zero-order valence-electron chi connectivity index (χ0n) is 16.1. The summed E-state index contributed by atoms with van der Waals surface area (Å²) in [5.41, 5.74) is 2.56. The fourth-order valence-corrected chi connectivity index (χ4v) is 2.53. The van der Waals surface area contributed by atoms with E-state index in [2.05, 4.69) is 11.8 Å². The summed E-state index contributed by atoms with van der Waals surface area (Å²) in [6, 6.07) is 8.07. The van der Waals surface area contributed by atoms with Crippen molar-refractivity contribution in [2.75, 3.05) is 13.2 Å². The predicted molar refractivity (Wildman–Crippen MR) is 106 cm³/mol. The summed E-state index contributed by atoms with van der Waals surface area (Å²) < 4.78 is 5.29. The number of amides is 1. The minimum Gasteiger partial charge on any atom is -0.394 e. The molecule has 0 unspecified atom stereocenters. The average molecular weight is 381 g/mol. The number of ether oxygens (including phenoxy) is 1. The second-order valence-electron chi connectivity index (χ2n) is 7.12. The minimum atomic E-state index is -0.479. The van der Waals surface area contributed by atoms with E-state index in [1.54, 1.807) is 0 Å². The average Bonchev–Trinajstić information content (AvgIpc) is 2.59. The highest BCUT2D eigenvalue weighted by atomic mass is 35.5.